The highest BCUT2D eigenvalue weighted by Gasteiger charge is 2.49. The summed E-state index contributed by atoms with van der Waals surface area (Å²) in [5.74, 6) is 0.157. The second kappa shape index (κ2) is 6.11. The smallest absolute Gasteiger partial charge is 0.250 e. The van der Waals surface area contributed by atoms with E-state index in [1.54, 1.807) is 0 Å². The molecular formula is C23H20N2O. The van der Waals surface area contributed by atoms with E-state index >= 15 is 0 Å². The Morgan fingerprint density at radius 3 is 2.19 bits per heavy atom. The fourth-order valence-corrected chi connectivity index (χ4v) is 4.34. The van der Waals surface area contributed by atoms with Crippen LogP contribution in [0.4, 0.5) is 5.69 Å². The van der Waals surface area contributed by atoms with Crippen LogP contribution in [-0.4, -0.2) is 17.4 Å². The maximum Gasteiger partial charge on any atom is 0.250 e. The third-order valence-corrected chi connectivity index (χ3v) is 5.48. The average molecular weight is 340 g/mol. The summed E-state index contributed by atoms with van der Waals surface area (Å²) < 4.78 is 0. The van der Waals surface area contributed by atoms with Crippen LogP contribution in [0.25, 0.3) is 0 Å². The Bertz CT molecular complexity index is 939. The maximum absolute atomic E-state index is 13.6. The standard InChI is InChI=1S/C23H20N2O/c26-23-21(18-10-3-1-4-11-18)24-16-15-17-9-7-8-14-20(17)22(24)25(23)19-12-5-2-6-13-19/h1-14,21-22H,15-16H2/t21-,22+/m1/s1. The van der Waals surface area contributed by atoms with Gasteiger partial charge in [0.1, 0.15) is 12.2 Å². The van der Waals surface area contributed by atoms with Gasteiger partial charge in [0.15, 0.2) is 0 Å². The SMILES string of the molecule is O=C1[C@@H](c2ccccc2)N2CCc3ccccc3[C@@H]2N1c1ccccc1. The monoisotopic (exact) mass is 340 g/mol. The number of hydrogen-bond acceptors (Lipinski definition) is 2. The van der Waals surface area contributed by atoms with Crippen LogP contribution in [0.2, 0.25) is 0 Å². The molecule has 3 aromatic rings. The molecule has 0 aliphatic carbocycles. The topological polar surface area (TPSA) is 23.6 Å². The van der Waals surface area contributed by atoms with Gasteiger partial charge in [0.25, 0.3) is 5.91 Å². The molecular weight excluding hydrogens is 320 g/mol. The van der Waals surface area contributed by atoms with Gasteiger partial charge < -0.3 is 0 Å². The van der Waals surface area contributed by atoms with Crippen LogP contribution in [0.5, 0.6) is 0 Å². The fourth-order valence-electron chi connectivity index (χ4n) is 4.34. The summed E-state index contributed by atoms with van der Waals surface area (Å²) in [6.07, 6.45) is 0.936. The maximum atomic E-state index is 13.6. The third-order valence-electron chi connectivity index (χ3n) is 5.48. The lowest BCUT2D eigenvalue weighted by Gasteiger charge is -2.36. The molecule has 1 saturated heterocycles. The number of benzene rings is 3. The summed E-state index contributed by atoms with van der Waals surface area (Å²) >= 11 is 0. The number of amides is 1. The first kappa shape index (κ1) is 15.4. The Morgan fingerprint density at radius 2 is 1.42 bits per heavy atom. The van der Waals surface area contributed by atoms with Gasteiger partial charge in [-0.1, -0.05) is 72.8 Å². The van der Waals surface area contributed by atoms with Crippen LogP contribution in [0.3, 0.4) is 0 Å². The van der Waals surface area contributed by atoms with E-state index in [1.807, 2.05) is 53.4 Å². The summed E-state index contributed by atoms with van der Waals surface area (Å²) in [7, 11) is 0. The molecule has 0 unspecified atom stereocenters. The lowest BCUT2D eigenvalue weighted by Crippen LogP contribution is -2.37. The quantitative estimate of drug-likeness (QED) is 0.693. The van der Waals surface area contributed by atoms with Gasteiger partial charge in [-0.15, -0.1) is 0 Å². The van der Waals surface area contributed by atoms with Gasteiger partial charge >= 0.3 is 0 Å². The molecule has 128 valence electrons. The van der Waals surface area contributed by atoms with Crippen molar-refractivity contribution in [2.75, 3.05) is 11.4 Å². The summed E-state index contributed by atoms with van der Waals surface area (Å²) in [6, 6.07) is 28.5. The van der Waals surface area contributed by atoms with Crippen molar-refractivity contribution in [3.63, 3.8) is 0 Å². The molecule has 26 heavy (non-hydrogen) atoms. The van der Waals surface area contributed by atoms with Crippen LogP contribution in [0, 0.1) is 0 Å². The normalized spacial score (nSPS) is 22.2. The Hall–Kier alpha value is -2.91. The van der Waals surface area contributed by atoms with Crippen LogP contribution >= 0.6 is 0 Å². The van der Waals surface area contributed by atoms with Gasteiger partial charge in [0.2, 0.25) is 0 Å². The lowest BCUT2D eigenvalue weighted by molar-refractivity contribution is -0.119. The lowest BCUT2D eigenvalue weighted by atomic mass is 9.95. The van der Waals surface area contributed by atoms with E-state index in [0.29, 0.717) is 0 Å². The Morgan fingerprint density at radius 1 is 0.769 bits per heavy atom. The molecule has 2 atom stereocenters. The molecule has 5 rings (SSSR count). The predicted molar refractivity (Wildman–Crippen MR) is 103 cm³/mol. The zero-order valence-corrected chi connectivity index (χ0v) is 14.5. The number of carbonyl (C=O) groups is 1. The average Bonchev–Trinajstić information content (AvgIpc) is 3.01. The summed E-state index contributed by atoms with van der Waals surface area (Å²) in [4.78, 5) is 17.9. The highest BCUT2D eigenvalue weighted by Crippen LogP contribution is 2.47. The van der Waals surface area contributed by atoms with E-state index < -0.39 is 0 Å². The second-order valence-electron chi connectivity index (χ2n) is 6.92. The molecule has 3 nitrogen and oxygen atoms in total. The van der Waals surface area contributed by atoms with Gasteiger partial charge in [-0.2, -0.15) is 0 Å². The van der Waals surface area contributed by atoms with E-state index in [1.165, 1.54) is 11.1 Å². The van der Waals surface area contributed by atoms with Crippen LogP contribution in [0.1, 0.15) is 28.9 Å². The molecule has 0 spiro atoms. The first-order valence-corrected chi connectivity index (χ1v) is 9.11. The molecule has 3 aromatic carbocycles. The van der Waals surface area contributed by atoms with Crippen molar-refractivity contribution in [3.05, 3.63) is 102 Å². The number of carbonyl (C=O) groups excluding carboxylic acids is 1. The zero-order valence-electron chi connectivity index (χ0n) is 14.5. The Labute approximate surface area is 153 Å². The van der Waals surface area contributed by atoms with E-state index in [0.717, 1.165) is 24.2 Å². The Balaban J connectivity index is 1.68. The molecule has 0 N–H and O–H groups in total. The predicted octanol–water partition coefficient (Wildman–Crippen LogP) is 4.33. The molecule has 2 aliphatic rings. The third kappa shape index (κ3) is 2.28. The van der Waals surface area contributed by atoms with Crippen molar-refractivity contribution in [1.82, 2.24) is 4.90 Å². The number of anilines is 1. The van der Waals surface area contributed by atoms with E-state index in [4.69, 9.17) is 0 Å². The minimum absolute atomic E-state index is 0.0416. The van der Waals surface area contributed by atoms with Crippen molar-refractivity contribution in [1.29, 1.82) is 0 Å². The zero-order chi connectivity index (χ0) is 17.5. The van der Waals surface area contributed by atoms with E-state index in [9.17, 15) is 4.79 Å². The number of rotatable bonds is 2. The van der Waals surface area contributed by atoms with Gasteiger partial charge in [0, 0.05) is 12.2 Å². The number of para-hydroxylation sites is 1. The number of nitrogens with zero attached hydrogens (tertiary/aromatic N) is 2. The first-order valence-electron chi connectivity index (χ1n) is 9.11. The van der Waals surface area contributed by atoms with Crippen LogP contribution < -0.4 is 4.90 Å². The summed E-state index contributed by atoms with van der Waals surface area (Å²) in [5.41, 5.74) is 4.62. The molecule has 2 aliphatic heterocycles. The molecule has 0 radical (unpaired) electrons. The highest BCUT2D eigenvalue weighted by molar-refractivity contribution is 6.01. The second-order valence-corrected chi connectivity index (χ2v) is 6.92. The molecule has 1 fully saturated rings. The van der Waals surface area contributed by atoms with Crippen molar-refractivity contribution in [2.24, 2.45) is 0 Å². The molecule has 0 aromatic heterocycles. The van der Waals surface area contributed by atoms with Crippen LogP contribution in [0.15, 0.2) is 84.9 Å². The van der Waals surface area contributed by atoms with Crippen LogP contribution in [-0.2, 0) is 11.2 Å². The molecule has 2 heterocycles. The van der Waals surface area contributed by atoms with E-state index in [2.05, 4.69) is 41.3 Å². The van der Waals surface area contributed by atoms with Crippen molar-refractivity contribution < 1.29 is 4.79 Å². The minimum atomic E-state index is -0.227. The van der Waals surface area contributed by atoms with E-state index in [-0.39, 0.29) is 18.1 Å². The van der Waals surface area contributed by atoms with Gasteiger partial charge in [-0.25, -0.2) is 0 Å². The molecule has 3 heteroatoms. The highest BCUT2D eigenvalue weighted by atomic mass is 16.2. The van der Waals surface area contributed by atoms with Crippen molar-refractivity contribution in [2.45, 2.75) is 18.6 Å². The van der Waals surface area contributed by atoms with Gasteiger partial charge in [0.05, 0.1) is 0 Å². The first-order chi connectivity index (χ1) is 12.8. The molecule has 0 saturated carbocycles. The molecule has 0 bridgehead atoms. The largest absolute Gasteiger partial charge is 0.290 e. The summed E-state index contributed by atoms with van der Waals surface area (Å²) in [5, 5.41) is 0. The van der Waals surface area contributed by atoms with Gasteiger partial charge in [-0.05, 0) is 35.2 Å². The van der Waals surface area contributed by atoms with Gasteiger partial charge in [-0.3, -0.25) is 14.6 Å². The number of hydrogen-bond donors (Lipinski definition) is 0. The minimum Gasteiger partial charge on any atom is -0.290 e. The van der Waals surface area contributed by atoms with Crippen molar-refractivity contribution >= 4 is 11.6 Å². The fraction of sp³-hybridized carbons (Fsp3) is 0.174. The van der Waals surface area contributed by atoms with Crippen molar-refractivity contribution in [3.8, 4) is 0 Å². The molecule has 1 amide bonds. The summed E-state index contributed by atoms with van der Waals surface area (Å²) in [6.45, 7) is 0.885. The number of fused-ring (bicyclic) bond motifs is 3. The Kier molecular flexibility index (Phi) is 3.61.